The zero-order chi connectivity index (χ0) is 15.2. The molecule has 1 amide bonds. The van der Waals surface area contributed by atoms with E-state index in [1.165, 1.54) is 0 Å². The molecule has 0 saturated carbocycles. The number of hydrogen-bond acceptors (Lipinski definition) is 3. The van der Waals surface area contributed by atoms with Gasteiger partial charge in [0.15, 0.2) is 0 Å². The van der Waals surface area contributed by atoms with Crippen LogP contribution in [-0.2, 0) is 9.59 Å². The summed E-state index contributed by atoms with van der Waals surface area (Å²) in [5, 5.41) is 12.1. The SMILES string of the molecule is N#C[C@@H](C(=O)C(=O)Nc1ccc(Cl)cc1)c1ccccc1. The van der Waals surface area contributed by atoms with Gasteiger partial charge in [-0.25, -0.2) is 0 Å². The summed E-state index contributed by atoms with van der Waals surface area (Å²) >= 11 is 5.74. The third kappa shape index (κ3) is 3.68. The van der Waals surface area contributed by atoms with Gasteiger partial charge in [-0.3, -0.25) is 9.59 Å². The number of nitrogens with one attached hydrogen (secondary N) is 1. The van der Waals surface area contributed by atoms with Crippen LogP contribution in [0.15, 0.2) is 54.6 Å². The molecule has 2 rings (SSSR count). The topological polar surface area (TPSA) is 70.0 Å². The molecule has 0 fully saturated rings. The predicted molar refractivity (Wildman–Crippen MR) is 79.9 cm³/mol. The number of rotatable bonds is 4. The van der Waals surface area contributed by atoms with Crippen LogP contribution in [0.2, 0.25) is 5.02 Å². The zero-order valence-corrected chi connectivity index (χ0v) is 11.7. The third-order valence-electron chi connectivity index (χ3n) is 2.85. The number of ketones is 1. The van der Waals surface area contributed by atoms with Gasteiger partial charge in [0.2, 0.25) is 5.78 Å². The van der Waals surface area contributed by atoms with Crippen molar-refractivity contribution in [2.45, 2.75) is 5.92 Å². The Morgan fingerprint density at radius 2 is 1.67 bits per heavy atom. The minimum absolute atomic E-state index is 0.447. The van der Waals surface area contributed by atoms with Gasteiger partial charge in [0.1, 0.15) is 5.92 Å². The molecule has 5 heteroatoms. The molecule has 2 aromatic rings. The fraction of sp³-hybridized carbons (Fsp3) is 0.0625. The lowest BCUT2D eigenvalue weighted by molar-refractivity contribution is -0.135. The fourth-order valence-corrected chi connectivity index (χ4v) is 1.91. The van der Waals surface area contributed by atoms with Crippen LogP contribution in [0.5, 0.6) is 0 Å². The maximum atomic E-state index is 12.1. The largest absolute Gasteiger partial charge is 0.319 e. The van der Waals surface area contributed by atoms with E-state index in [4.69, 9.17) is 16.9 Å². The molecule has 0 heterocycles. The van der Waals surface area contributed by atoms with Crippen molar-refractivity contribution in [3.63, 3.8) is 0 Å². The molecule has 0 radical (unpaired) electrons. The lowest BCUT2D eigenvalue weighted by Crippen LogP contribution is -2.27. The van der Waals surface area contributed by atoms with Gasteiger partial charge in [0, 0.05) is 10.7 Å². The summed E-state index contributed by atoms with van der Waals surface area (Å²) in [7, 11) is 0. The van der Waals surface area contributed by atoms with Gasteiger partial charge >= 0.3 is 0 Å². The number of anilines is 1. The number of Topliss-reactive ketones (excluding diaryl/α,β-unsaturated/α-hetero) is 1. The second kappa shape index (κ2) is 6.69. The van der Waals surface area contributed by atoms with Crippen molar-refractivity contribution in [1.29, 1.82) is 5.26 Å². The highest BCUT2D eigenvalue weighted by molar-refractivity contribution is 6.43. The van der Waals surface area contributed by atoms with Crippen LogP contribution in [0.4, 0.5) is 5.69 Å². The Bertz CT molecular complexity index is 690. The third-order valence-corrected chi connectivity index (χ3v) is 3.10. The molecule has 0 bridgehead atoms. The number of nitriles is 1. The lowest BCUT2D eigenvalue weighted by atomic mass is 9.96. The lowest BCUT2D eigenvalue weighted by Gasteiger charge is -2.09. The normalized spacial score (nSPS) is 11.2. The van der Waals surface area contributed by atoms with Gasteiger partial charge < -0.3 is 5.32 Å². The zero-order valence-electron chi connectivity index (χ0n) is 10.9. The first-order valence-corrected chi connectivity index (χ1v) is 6.55. The highest BCUT2D eigenvalue weighted by Gasteiger charge is 2.26. The highest BCUT2D eigenvalue weighted by atomic mass is 35.5. The Hall–Kier alpha value is -2.64. The molecule has 4 nitrogen and oxygen atoms in total. The molecule has 0 aromatic heterocycles. The van der Waals surface area contributed by atoms with Crippen LogP contribution in [0.25, 0.3) is 0 Å². The van der Waals surface area contributed by atoms with Crippen molar-refractivity contribution in [1.82, 2.24) is 0 Å². The molecular weight excluding hydrogens is 288 g/mol. The van der Waals surface area contributed by atoms with Crippen molar-refractivity contribution in [2.75, 3.05) is 5.32 Å². The Labute approximate surface area is 127 Å². The average Bonchev–Trinajstić information content (AvgIpc) is 2.51. The van der Waals surface area contributed by atoms with Crippen molar-refractivity contribution in [2.24, 2.45) is 0 Å². The Morgan fingerprint density at radius 1 is 1.05 bits per heavy atom. The number of carbonyl (C=O) groups is 2. The first kappa shape index (κ1) is 14.8. The van der Waals surface area contributed by atoms with Gasteiger partial charge in [0.25, 0.3) is 5.91 Å². The van der Waals surface area contributed by atoms with Gasteiger partial charge in [-0.05, 0) is 29.8 Å². The fourth-order valence-electron chi connectivity index (χ4n) is 1.79. The number of amides is 1. The van der Waals surface area contributed by atoms with E-state index in [9.17, 15) is 9.59 Å². The number of halogens is 1. The molecule has 104 valence electrons. The molecule has 0 aliphatic heterocycles. The average molecular weight is 299 g/mol. The molecule has 0 unspecified atom stereocenters. The molecule has 0 saturated heterocycles. The smallest absolute Gasteiger partial charge is 0.293 e. The highest BCUT2D eigenvalue weighted by Crippen LogP contribution is 2.18. The minimum Gasteiger partial charge on any atom is -0.319 e. The molecule has 1 atom stereocenters. The summed E-state index contributed by atoms with van der Waals surface area (Å²) in [6, 6.07) is 16.7. The van der Waals surface area contributed by atoms with E-state index < -0.39 is 17.6 Å². The van der Waals surface area contributed by atoms with Crippen molar-refractivity contribution < 1.29 is 9.59 Å². The van der Waals surface area contributed by atoms with Gasteiger partial charge in [-0.15, -0.1) is 0 Å². The Balaban J connectivity index is 2.13. The molecular formula is C16H11ClN2O2. The van der Waals surface area contributed by atoms with E-state index in [0.29, 0.717) is 16.3 Å². The van der Waals surface area contributed by atoms with E-state index >= 15 is 0 Å². The van der Waals surface area contributed by atoms with E-state index in [1.807, 2.05) is 6.07 Å². The molecule has 0 aliphatic rings. The predicted octanol–water partition coefficient (Wildman–Crippen LogP) is 3.15. The number of carbonyl (C=O) groups excluding carboxylic acids is 2. The Kier molecular flexibility index (Phi) is 4.70. The van der Waals surface area contributed by atoms with Crippen LogP contribution in [-0.4, -0.2) is 11.7 Å². The first-order valence-electron chi connectivity index (χ1n) is 6.17. The van der Waals surface area contributed by atoms with E-state index in [2.05, 4.69) is 5.32 Å². The number of benzene rings is 2. The second-order valence-corrected chi connectivity index (χ2v) is 4.73. The maximum Gasteiger partial charge on any atom is 0.293 e. The van der Waals surface area contributed by atoms with E-state index in [1.54, 1.807) is 54.6 Å². The molecule has 0 aliphatic carbocycles. The quantitative estimate of drug-likeness (QED) is 0.881. The summed E-state index contributed by atoms with van der Waals surface area (Å²) in [6.45, 7) is 0. The first-order chi connectivity index (χ1) is 10.1. The number of hydrogen-bond donors (Lipinski definition) is 1. The van der Waals surface area contributed by atoms with Crippen LogP contribution in [0.1, 0.15) is 11.5 Å². The molecule has 0 spiro atoms. The van der Waals surface area contributed by atoms with Crippen LogP contribution in [0.3, 0.4) is 0 Å². The molecule has 1 N–H and O–H groups in total. The maximum absolute atomic E-state index is 12.1. The summed E-state index contributed by atoms with van der Waals surface area (Å²) in [6.07, 6.45) is 0. The van der Waals surface area contributed by atoms with Crippen molar-refractivity contribution in [3.8, 4) is 6.07 Å². The van der Waals surface area contributed by atoms with Crippen molar-refractivity contribution >= 4 is 29.0 Å². The van der Waals surface area contributed by atoms with Gasteiger partial charge in [-0.1, -0.05) is 41.9 Å². The summed E-state index contributed by atoms with van der Waals surface area (Å²) in [5.41, 5.74) is 0.943. The summed E-state index contributed by atoms with van der Waals surface area (Å²) in [4.78, 5) is 24.0. The van der Waals surface area contributed by atoms with Crippen LogP contribution in [0, 0.1) is 11.3 Å². The van der Waals surface area contributed by atoms with Crippen LogP contribution < -0.4 is 5.32 Å². The second-order valence-electron chi connectivity index (χ2n) is 4.30. The van der Waals surface area contributed by atoms with E-state index in [-0.39, 0.29) is 0 Å². The molecule has 21 heavy (non-hydrogen) atoms. The summed E-state index contributed by atoms with van der Waals surface area (Å²) < 4.78 is 0. The van der Waals surface area contributed by atoms with Gasteiger partial charge in [0.05, 0.1) is 6.07 Å². The number of nitrogens with zero attached hydrogens (tertiary/aromatic N) is 1. The molecule has 2 aromatic carbocycles. The summed E-state index contributed by atoms with van der Waals surface area (Å²) in [5.74, 6) is -2.73. The minimum atomic E-state index is -1.11. The van der Waals surface area contributed by atoms with Crippen LogP contribution >= 0.6 is 11.6 Å². The van der Waals surface area contributed by atoms with Crippen molar-refractivity contribution in [3.05, 3.63) is 65.2 Å². The van der Waals surface area contributed by atoms with E-state index in [0.717, 1.165) is 0 Å². The van der Waals surface area contributed by atoms with Gasteiger partial charge in [-0.2, -0.15) is 5.26 Å². The Morgan fingerprint density at radius 3 is 2.24 bits per heavy atom. The monoisotopic (exact) mass is 298 g/mol. The standard InChI is InChI=1S/C16H11ClN2O2/c17-12-6-8-13(9-7-12)19-16(21)15(20)14(10-18)11-4-2-1-3-5-11/h1-9,14H,(H,19,21)/t14-/m1/s1.